The number of carbonyl (C=O) groups is 2. The normalized spacial score (nSPS) is 22.6. The van der Waals surface area contributed by atoms with Crippen LogP contribution >= 0.6 is 31.9 Å². The molecule has 0 saturated carbocycles. The number of imidazole rings is 2. The van der Waals surface area contributed by atoms with Crippen molar-refractivity contribution in [2.45, 2.75) is 31.6 Å². The second-order valence-corrected chi connectivity index (χ2v) is 11.3. The van der Waals surface area contributed by atoms with Crippen LogP contribution < -0.4 is 32.9 Å². The lowest BCUT2D eigenvalue weighted by Gasteiger charge is -2.37. The zero-order chi connectivity index (χ0) is 27.0. The fourth-order valence-corrected chi connectivity index (χ4v) is 6.10. The summed E-state index contributed by atoms with van der Waals surface area (Å²) in [6, 6.07) is 1.41. The predicted molar refractivity (Wildman–Crippen MR) is 152 cm³/mol. The van der Waals surface area contributed by atoms with Crippen molar-refractivity contribution < 1.29 is 9.59 Å². The van der Waals surface area contributed by atoms with E-state index in [1.165, 1.54) is 0 Å². The summed E-state index contributed by atoms with van der Waals surface area (Å²) < 4.78 is 1.68. The summed E-state index contributed by atoms with van der Waals surface area (Å²) >= 11 is 6.89. The molecule has 4 atom stereocenters. The van der Waals surface area contributed by atoms with Gasteiger partial charge in [-0.15, -0.1) is 0 Å². The highest BCUT2D eigenvalue weighted by Gasteiger charge is 2.41. The zero-order valence-corrected chi connectivity index (χ0v) is 23.7. The Balaban J connectivity index is 1.39. The van der Waals surface area contributed by atoms with E-state index in [2.05, 4.69) is 72.7 Å². The molecule has 2 aliphatic rings. The Hall–Kier alpha value is -3.20. The first-order chi connectivity index (χ1) is 18.2. The second kappa shape index (κ2) is 10.9. The summed E-state index contributed by atoms with van der Waals surface area (Å²) in [6.07, 6.45) is 4.61. The fourth-order valence-electron chi connectivity index (χ4n) is 5.22. The standard InChI is InChI=1S/C23H28BBr2N10O2/c1-24-10-3-14(29-6-10)20(37)30-5-9-2-13-18(36-23(28)34-13)17(16-8-32-22(27)35-16)11(9)7-31-21(38)15-4-12(25)19(26)33-15/h3,6,8-9,11,15,17,29,33H,2,4-5,7H2,1H3,(H,30,37)(H,31,38)(H3,27,32,35)(H3,28,34,36)/t9-,11-,15?,17-/m1/s1. The van der Waals surface area contributed by atoms with E-state index in [0.717, 1.165) is 31.6 Å². The van der Waals surface area contributed by atoms with Gasteiger partial charge in [0.05, 0.1) is 16.5 Å². The molecule has 0 bridgehead atoms. The number of hydrogen-bond acceptors (Lipinski definition) is 7. The van der Waals surface area contributed by atoms with Gasteiger partial charge in [0.15, 0.2) is 11.9 Å². The van der Waals surface area contributed by atoms with Gasteiger partial charge in [-0.3, -0.25) is 9.59 Å². The number of rotatable bonds is 8. The van der Waals surface area contributed by atoms with Crippen LogP contribution in [0.5, 0.6) is 0 Å². The van der Waals surface area contributed by atoms with Crippen molar-refractivity contribution in [1.82, 2.24) is 40.9 Å². The molecule has 0 aromatic carbocycles. The van der Waals surface area contributed by atoms with E-state index >= 15 is 0 Å². The molecule has 0 saturated heterocycles. The third kappa shape index (κ3) is 5.34. The van der Waals surface area contributed by atoms with Crippen molar-refractivity contribution in [2.75, 3.05) is 24.6 Å². The number of aromatic nitrogens is 5. The van der Waals surface area contributed by atoms with E-state index in [9.17, 15) is 9.59 Å². The number of H-pyrrole nitrogens is 3. The van der Waals surface area contributed by atoms with Crippen LogP contribution in [0.3, 0.4) is 0 Å². The van der Waals surface area contributed by atoms with Crippen molar-refractivity contribution in [3.8, 4) is 0 Å². The minimum absolute atomic E-state index is 0.0542. The highest BCUT2D eigenvalue weighted by Crippen LogP contribution is 2.42. The van der Waals surface area contributed by atoms with Crippen LogP contribution in [0.2, 0.25) is 6.82 Å². The fraction of sp³-hybridized carbons (Fsp3) is 0.391. The highest BCUT2D eigenvalue weighted by atomic mass is 79.9. The number of nitrogens with two attached hydrogens (primary N) is 2. The Labute approximate surface area is 236 Å². The van der Waals surface area contributed by atoms with Gasteiger partial charge in [0, 0.05) is 41.3 Å². The van der Waals surface area contributed by atoms with Gasteiger partial charge >= 0.3 is 0 Å². The molecule has 5 rings (SSSR count). The molecule has 3 aromatic heterocycles. The van der Waals surface area contributed by atoms with Crippen LogP contribution in [0.15, 0.2) is 27.5 Å². The molecule has 15 heteroatoms. The average Bonchev–Trinajstić information content (AvgIpc) is 3.68. The second-order valence-electron chi connectivity index (χ2n) is 9.53. The Morgan fingerprint density at radius 3 is 2.63 bits per heavy atom. The van der Waals surface area contributed by atoms with E-state index < -0.39 is 6.04 Å². The summed E-state index contributed by atoms with van der Waals surface area (Å²) in [6.45, 7) is 2.64. The Morgan fingerprint density at radius 2 is 1.97 bits per heavy atom. The largest absolute Gasteiger partial charge is 0.369 e. The lowest BCUT2D eigenvalue weighted by Crippen LogP contribution is -2.47. The van der Waals surface area contributed by atoms with Gasteiger partial charge in [0.2, 0.25) is 5.91 Å². The average molecular weight is 647 g/mol. The molecule has 2 amide bonds. The molecule has 3 aromatic rings. The van der Waals surface area contributed by atoms with E-state index in [1.807, 2.05) is 14.1 Å². The summed E-state index contributed by atoms with van der Waals surface area (Å²) in [4.78, 5) is 44.1. The van der Waals surface area contributed by atoms with Gasteiger partial charge in [0.25, 0.3) is 5.91 Å². The molecule has 0 spiro atoms. The minimum Gasteiger partial charge on any atom is -0.369 e. The van der Waals surface area contributed by atoms with Crippen LogP contribution in [0, 0.1) is 11.8 Å². The lowest BCUT2D eigenvalue weighted by atomic mass is 9.71. The van der Waals surface area contributed by atoms with Crippen LogP contribution in [-0.4, -0.2) is 63.1 Å². The van der Waals surface area contributed by atoms with Gasteiger partial charge in [0.1, 0.15) is 19.0 Å². The number of carbonyl (C=O) groups excluding carboxylic acids is 2. The zero-order valence-electron chi connectivity index (χ0n) is 20.6. The topological polar surface area (TPSA) is 195 Å². The predicted octanol–water partition coefficient (Wildman–Crippen LogP) is 0.790. The third-order valence-corrected chi connectivity index (χ3v) is 9.09. The number of aromatic amines is 3. The SMILES string of the molecule is C[B]c1c[nH]c(C(=O)NC[C@H]2Cc3[nH]c(N)nc3[C@@H](c3cnc(N)[nH]3)[C@@H]2CNC(=O)C2CC(Br)=C(Br)N2)c1. The smallest absolute Gasteiger partial charge is 0.267 e. The molecule has 38 heavy (non-hydrogen) atoms. The minimum atomic E-state index is -0.393. The lowest BCUT2D eigenvalue weighted by molar-refractivity contribution is -0.123. The van der Waals surface area contributed by atoms with E-state index in [-0.39, 0.29) is 35.5 Å². The van der Waals surface area contributed by atoms with Crippen LogP contribution in [0.4, 0.5) is 11.9 Å². The summed E-state index contributed by atoms with van der Waals surface area (Å²) in [5.41, 5.74) is 15.8. The summed E-state index contributed by atoms with van der Waals surface area (Å²) in [5.74, 6) is -0.197. The van der Waals surface area contributed by atoms with Gasteiger partial charge in [-0.25, -0.2) is 9.97 Å². The molecule has 12 nitrogen and oxygen atoms in total. The van der Waals surface area contributed by atoms with Crippen LogP contribution in [0.25, 0.3) is 0 Å². The van der Waals surface area contributed by atoms with Gasteiger partial charge in [-0.2, -0.15) is 0 Å². The maximum atomic E-state index is 13.1. The number of anilines is 2. The molecule has 10 N–H and O–H groups in total. The number of nitrogens with zero attached hydrogens (tertiary/aromatic N) is 2. The van der Waals surface area contributed by atoms with Gasteiger partial charge in [-0.05, 0) is 46.4 Å². The van der Waals surface area contributed by atoms with E-state index in [4.69, 9.17) is 11.5 Å². The first kappa shape index (κ1) is 26.4. The molecular weight excluding hydrogens is 619 g/mol. The number of amides is 2. The maximum Gasteiger partial charge on any atom is 0.267 e. The summed E-state index contributed by atoms with van der Waals surface area (Å²) in [5, 5.41) is 9.31. The van der Waals surface area contributed by atoms with Crippen LogP contribution in [0.1, 0.15) is 39.9 Å². The number of fused-ring (bicyclic) bond motifs is 1. The van der Waals surface area contributed by atoms with Crippen molar-refractivity contribution in [3.05, 3.63) is 50.3 Å². The maximum absolute atomic E-state index is 13.1. The quantitative estimate of drug-likeness (QED) is 0.131. The van der Waals surface area contributed by atoms with Crippen LogP contribution in [-0.2, 0) is 11.2 Å². The summed E-state index contributed by atoms with van der Waals surface area (Å²) in [7, 11) is 1.92. The van der Waals surface area contributed by atoms with Gasteiger partial charge in [-0.1, -0.05) is 28.2 Å². The molecular formula is C23H28BBr2N10O2. The monoisotopic (exact) mass is 645 g/mol. The molecule has 1 unspecified atom stereocenters. The van der Waals surface area contributed by atoms with Crippen molar-refractivity contribution >= 4 is 68.3 Å². The first-order valence-corrected chi connectivity index (χ1v) is 13.8. The van der Waals surface area contributed by atoms with Crippen molar-refractivity contribution in [3.63, 3.8) is 0 Å². The Morgan fingerprint density at radius 1 is 1.16 bits per heavy atom. The number of hydrogen-bond donors (Lipinski definition) is 8. The number of halogens is 2. The first-order valence-electron chi connectivity index (χ1n) is 12.2. The molecule has 4 heterocycles. The Bertz CT molecular complexity index is 1370. The molecule has 199 valence electrons. The Kier molecular flexibility index (Phi) is 7.57. The molecule has 1 radical (unpaired) electrons. The molecule has 1 aliphatic carbocycles. The third-order valence-electron chi connectivity index (χ3n) is 7.13. The highest BCUT2D eigenvalue weighted by molar-refractivity contribution is 9.14. The van der Waals surface area contributed by atoms with Crippen molar-refractivity contribution in [1.29, 1.82) is 0 Å². The number of nitrogens with one attached hydrogen (secondary N) is 6. The van der Waals surface area contributed by atoms with E-state index in [0.29, 0.717) is 37.6 Å². The molecule has 1 aliphatic heterocycles. The molecule has 0 fully saturated rings. The van der Waals surface area contributed by atoms with E-state index in [1.54, 1.807) is 18.5 Å². The van der Waals surface area contributed by atoms with Gasteiger partial charge < -0.3 is 42.4 Å². The number of nitrogen functional groups attached to an aromatic ring is 2. The van der Waals surface area contributed by atoms with Crippen molar-refractivity contribution in [2.24, 2.45) is 11.8 Å².